The number of ether oxygens (including phenoxy) is 1. The second kappa shape index (κ2) is 9.02. The van der Waals surface area contributed by atoms with Crippen LogP contribution in [0.3, 0.4) is 0 Å². The fourth-order valence-corrected chi connectivity index (χ4v) is 1.27. The van der Waals surface area contributed by atoms with E-state index in [4.69, 9.17) is 4.74 Å². The van der Waals surface area contributed by atoms with Crippen LogP contribution in [-0.4, -0.2) is 44.0 Å². The summed E-state index contributed by atoms with van der Waals surface area (Å²) in [5.41, 5.74) is 0. The minimum absolute atomic E-state index is 0.203. The first-order valence-corrected chi connectivity index (χ1v) is 6.39. The number of rotatable bonds is 8. The summed E-state index contributed by atoms with van der Waals surface area (Å²) in [6, 6.07) is -0.376. The van der Waals surface area contributed by atoms with Gasteiger partial charge in [0.1, 0.15) is 0 Å². The zero-order chi connectivity index (χ0) is 13.3. The summed E-state index contributed by atoms with van der Waals surface area (Å²) in [6.07, 6.45) is 4.54. The molecule has 0 aromatic carbocycles. The van der Waals surface area contributed by atoms with Crippen molar-refractivity contribution in [3.63, 3.8) is 0 Å². The number of hydrogen-bond acceptors (Lipinski definition) is 3. The van der Waals surface area contributed by atoms with E-state index in [0.29, 0.717) is 6.61 Å². The zero-order valence-electron chi connectivity index (χ0n) is 11.8. The Morgan fingerprint density at radius 1 is 1.41 bits per heavy atom. The first-order valence-electron chi connectivity index (χ1n) is 6.39. The molecule has 0 aliphatic rings. The van der Waals surface area contributed by atoms with Gasteiger partial charge in [-0.3, -0.25) is 4.99 Å². The number of nitrogens with zero attached hydrogens (tertiary/aromatic N) is 2. The van der Waals surface area contributed by atoms with Crippen LogP contribution >= 0.6 is 0 Å². The number of hydrogen-bond donors (Lipinski definition) is 0. The maximum atomic E-state index is 11.9. The van der Waals surface area contributed by atoms with Crippen LogP contribution in [0.25, 0.3) is 0 Å². The molecule has 0 fully saturated rings. The monoisotopic (exact) mass is 242 g/mol. The van der Waals surface area contributed by atoms with Crippen molar-refractivity contribution in [2.75, 3.05) is 20.7 Å². The molecule has 0 spiro atoms. The van der Waals surface area contributed by atoms with E-state index < -0.39 is 0 Å². The Morgan fingerprint density at radius 2 is 2.06 bits per heavy atom. The number of unbranched alkanes of at least 4 members (excludes halogenated alkanes) is 1. The highest BCUT2D eigenvalue weighted by Crippen LogP contribution is 2.13. The predicted molar refractivity (Wildman–Crippen MR) is 71.3 cm³/mol. The van der Waals surface area contributed by atoms with E-state index in [9.17, 15) is 4.79 Å². The lowest BCUT2D eigenvalue weighted by Gasteiger charge is -2.18. The lowest BCUT2D eigenvalue weighted by Crippen LogP contribution is -2.29. The van der Waals surface area contributed by atoms with Gasteiger partial charge in [-0.15, -0.1) is 0 Å². The first-order chi connectivity index (χ1) is 8.02. The molecule has 17 heavy (non-hydrogen) atoms. The molecule has 0 saturated carbocycles. The van der Waals surface area contributed by atoms with E-state index >= 15 is 0 Å². The van der Waals surface area contributed by atoms with Crippen molar-refractivity contribution in [2.45, 2.75) is 46.1 Å². The Hall–Kier alpha value is -1.06. The first kappa shape index (κ1) is 15.9. The molecule has 0 aromatic heterocycles. The Kier molecular flexibility index (Phi) is 8.46. The van der Waals surface area contributed by atoms with E-state index in [0.717, 1.165) is 19.3 Å². The van der Waals surface area contributed by atoms with Crippen LogP contribution in [0.4, 0.5) is 0 Å². The average molecular weight is 242 g/mol. The van der Waals surface area contributed by atoms with Gasteiger partial charge in [0.25, 0.3) is 0 Å². The summed E-state index contributed by atoms with van der Waals surface area (Å²) in [5, 5.41) is 0. The lowest BCUT2D eigenvalue weighted by atomic mass is 10.00. The summed E-state index contributed by atoms with van der Waals surface area (Å²) in [5.74, 6) is 0.00577. The van der Waals surface area contributed by atoms with E-state index in [1.807, 2.05) is 25.9 Å². The highest BCUT2D eigenvalue weighted by molar-refractivity contribution is 5.78. The Labute approximate surface area is 105 Å². The van der Waals surface area contributed by atoms with Gasteiger partial charge in [-0.05, 0) is 12.3 Å². The smallest absolute Gasteiger partial charge is 0.331 e. The summed E-state index contributed by atoms with van der Waals surface area (Å²) in [6.45, 7) is 6.66. The van der Waals surface area contributed by atoms with E-state index in [-0.39, 0.29) is 17.9 Å². The van der Waals surface area contributed by atoms with E-state index in [1.54, 1.807) is 6.34 Å². The summed E-state index contributed by atoms with van der Waals surface area (Å²) in [4.78, 5) is 18.0. The van der Waals surface area contributed by atoms with Gasteiger partial charge >= 0.3 is 5.97 Å². The second-order valence-corrected chi connectivity index (χ2v) is 4.58. The molecule has 2 unspecified atom stereocenters. The summed E-state index contributed by atoms with van der Waals surface area (Å²) >= 11 is 0. The Bertz CT molecular complexity index is 240. The maximum Gasteiger partial charge on any atom is 0.331 e. The molecule has 0 aliphatic heterocycles. The molecule has 4 heteroatoms. The van der Waals surface area contributed by atoms with E-state index in [2.05, 4.69) is 18.8 Å². The third-order valence-corrected chi connectivity index (χ3v) is 2.62. The van der Waals surface area contributed by atoms with Crippen LogP contribution in [0.2, 0.25) is 0 Å². The van der Waals surface area contributed by atoms with Gasteiger partial charge < -0.3 is 9.64 Å². The minimum atomic E-state index is -0.376. The van der Waals surface area contributed by atoms with Gasteiger partial charge in [-0.1, -0.05) is 33.6 Å². The van der Waals surface area contributed by atoms with Crippen molar-refractivity contribution in [2.24, 2.45) is 10.9 Å². The largest absolute Gasteiger partial charge is 0.464 e. The molecule has 0 aromatic rings. The predicted octanol–water partition coefficient (Wildman–Crippen LogP) is 2.33. The summed E-state index contributed by atoms with van der Waals surface area (Å²) < 4.78 is 5.23. The van der Waals surface area contributed by atoms with Gasteiger partial charge in [0, 0.05) is 14.1 Å². The normalized spacial score (nSPS) is 14.6. The number of esters is 1. The number of carbonyl (C=O) groups excluding carboxylic acids is 1. The quantitative estimate of drug-likeness (QED) is 0.284. The molecule has 0 rings (SSSR count). The fourth-order valence-electron chi connectivity index (χ4n) is 1.27. The Balaban J connectivity index is 4.40. The van der Waals surface area contributed by atoms with Crippen LogP contribution in [0.5, 0.6) is 0 Å². The van der Waals surface area contributed by atoms with Crippen molar-refractivity contribution in [1.82, 2.24) is 4.90 Å². The number of carbonyl (C=O) groups is 1. The van der Waals surface area contributed by atoms with Gasteiger partial charge in [0.15, 0.2) is 6.04 Å². The molecule has 2 atom stereocenters. The molecular formula is C13H26N2O2. The molecule has 4 nitrogen and oxygen atoms in total. The Morgan fingerprint density at radius 3 is 2.53 bits per heavy atom. The van der Waals surface area contributed by atoms with Crippen LogP contribution in [0.15, 0.2) is 4.99 Å². The molecule has 0 saturated heterocycles. The summed E-state index contributed by atoms with van der Waals surface area (Å²) in [7, 11) is 3.78. The van der Waals surface area contributed by atoms with Crippen LogP contribution in [0.1, 0.15) is 40.0 Å². The SMILES string of the molecule is CCCCOC(=O)C(N=CN(C)C)C(C)CC. The van der Waals surface area contributed by atoms with Crippen molar-refractivity contribution >= 4 is 12.3 Å². The van der Waals surface area contributed by atoms with Crippen molar-refractivity contribution < 1.29 is 9.53 Å². The average Bonchev–Trinajstić information content (AvgIpc) is 2.28. The standard InChI is InChI=1S/C13H26N2O2/c1-6-8-9-17-13(16)12(11(3)7-2)14-10-15(4)5/h10-12H,6-9H2,1-5H3. The van der Waals surface area contributed by atoms with Crippen LogP contribution in [-0.2, 0) is 9.53 Å². The molecule has 0 heterocycles. The topological polar surface area (TPSA) is 41.9 Å². The molecule has 0 N–H and O–H groups in total. The third kappa shape index (κ3) is 6.97. The van der Waals surface area contributed by atoms with E-state index in [1.165, 1.54) is 0 Å². The fraction of sp³-hybridized carbons (Fsp3) is 0.846. The molecule has 100 valence electrons. The van der Waals surface area contributed by atoms with Gasteiger partial charge in [-0.2, -0.15) is 0 Å². The minimum Gasteiger partial charge on any atom is -0.464 e. The molecule has 0 amide bonds. The molecule has 0 radical (unpaired) electrons. The van der Waals surface area contributed by atoms with Gasteiger partial charge in [0.2, 0.25) is 0 Å². The molecule has 0 aliphatic carbocycles. The van der Waals surface area contributed by atoms with Crippen molar-refractivity contribution in [3.8, 4) is 0 Å². The van der Waals surface area contributed by atoms with Crippen molar-refractivity contribution in [1.29, 1.82) is 0 Å². The van der Waals surface area contributed by atoms with Gasteiger partial charge in [-0.25, -0.2) is 4.79 Å². The maximum absolute atomic E-state index is 11.9. The molecular weight excluding hydrogens is 216 g/mol. The third-order valence-electron chi connectivity index (χ3n) is 2.62. The highest BCUT2D eigenvalue weighted by Gasteiger charge is 2.24. The van der Waals surface area contributed by atoms with Crippen LogP contribution in [0, 0.1) is 5.92 Å². The van der Waals surface area contributed by atoms with Crippen molar-refractivity contribution in [3.05, 3.63) is 0 Å². The number of aliphatic imine (C=N–C) groups is 1. The molecule has 0 bridgehead atoms. The highest BCUT2D eigenvalue weighted by atomic mass is 16.5. The second-order valence-electron chi connectivity index (χ2n) is 4.58. The lowest BCUT2D eigenvalue weighted by molar-refractivity contribution is -0.146. The zero-order valence-corrected chi connectivity index (χ0v) is 11.8. The van der Waals surface area contributed by atoms with Crippen LogP contribution < -0.4 is 0 Å². The van der Waals surface area contributed by atoms with Gasteiger partial charge in [0.05, 0.1) is 12.9 Å².